The number of hydrogen-bond donors (Lipinski definition) is 2. The molecule has 100 valence electrons. The zero-order valence-electron chi connectivity index (χ0n) is 10.8. The van der Waals surface area contributed by atoms with Crippen LogP contribution >= 0.6 is 0 Å². The smallest absolute Gasteiger partial charge is 0.271 e. The first-order chi connectivity index (χ1) is 9.68. The average molecular weight is 266 g/mol. The van der Waals surface area contributed by atoms with Crippen molar-refractivity contribution in [2.45, 2.75) is 0 Å². The predicted octanol–water partition coefficient (Wildman–Crippen LogP) is 2.09. The number of pyridine rings is 1. The van der Waals surface area contributed by atoms with Crippen molar-refractivity contribution in [1.82, 2.24) is 10.4 Å². The van der Waals surface area contributed by atoms with Crippen molar-refractivity contribution in [3.8, 4) is 0 Å². The molecule has 0 aliphatic carbocycles. The van der Waals surface area contributed by atoms with Crippen LogP contribution in [0.15, 0.2) is 60.5 Å². The molecule has 0 atom stereocenters. The van der Waals surface area contributed by atoms with Crippen molar-refractivity contribution in [3.05, 3.63) is 66.5 Å². The lowest BCUT2D eigenvalue weighted by Gasteiger charge is -2.04. The Labute approximate surface area is 116 Å². The molecule has 1 aromatic carbocycles. The molecular weight excluding hydrogens is 252 g/mol. The van der Waals surface area contributed by atoms with Crippen LogP contribution < -0.4 is 11.2 Å². The Bertz CT molecular complexity index is 650. The van der Waals surface area contributed by atoms with Crippen molar-refractivity contribution < 1.29 is 4.79 Å². The van der Waals surface area contributed by atoms with Crippen LogP contribution in [-0.4, -0.2) is 17.1 Å². The van der Waals surface area contributed by atoms with Gasteiger partial charge >= 0.3 is 0 Å². The lowest BCUT2D eigenvalue weighted by molar-refractivity contribution is 0.0955. The van der Waals surface area contributed by atoms with E-state index in [4.69, 9.17) is 5.73 Å². The van der Waals surface area contributed by atoms with Crippen molar-refractivity contribution in [2.24, 2.45) is 5.10 Å². The van der Waals surface area contributed by atoms with Crippen LogP contribution in [0.25, 0.3) is 5.57 Å². The Balaban J connectivity index is 1.99. The molecule has 0 spiro atoms. The fourth-order valence-electron chi connectivity index (χ4n) is 1.60. The number of allylic oxidation sites excluding steroid dienone is 1. The van der Waals surface area contributed by atoms with Gasteiger partial charge in [-0.25, -0.2) is 5.43 Å². The lowest BCUT2D eigenvalue weighted by atomic mass is 10.1. The second kappa shape index (κ2) is 6.29. The highest BCUT2D eigenvalue weighted by molar-refractivity contribution is 6.11. The first-order valence-corrected chi connectivity index (χ1v) is 5.95. The number of nitrogen functional groups attached to an aromatic ring is 1. The normalized spacial score (nSPS) is 10.4. The first kappa shape index (κ1) is 13.5. The lowest BCUT2D eigenvalue weighted by Crippen LogP contribution is -2.17. The van der Waals surface area contributed by atoms with E-state index in [1.54, 1.807) is 30.6 Å². The number of benzene rings is 1. The van der Waals surface area contributed by atoms with Gasteiger partial charge in [-0.3, -0.25) is 9.78 Å². The van der Waals surface area contributed by atoms with Crippen LogP contribution in [0.1, 0.15) is 15.9 Å². The molecule has 5 heteroatoms. The molecule has 0 radical (unpaired) electrons. The van der Waals surface area contributed by atoms with Crippen molar-refractivity contribution in [2.75, 3.05) is 5.73 Å². The highest BCUT2D eigenvalue weighted by atomic mass is 16.2. The average Bonchev–Trinajstić information content (AvgIpc) is 2.48. The second-order valence-corrected chi connectivity index (χ2v) is 4.05. The van der Waals surface area contributed by atoms with Crippen LogP contribution in [0.2, 0.25) is 0 Å². The molecule has 1 heterocycles. The molecule has 0 saturated carbocycles. The third-order valence-corrected chi connectivity index (χ3v) is 2.64. The van der Waals surface area contributed by atoms with Gasteiger partial charge in [-0.1, -0.05) is 24.8 Å². The van der Waals surface area contributed by atoms with E-state index in [0.717, 1.165) is 5.56 Å². The fourth-order valence-corrected chi connectivity index (χ4v) is 1.60. The van der Waals surface area contributed by atoms with E-state index in [1.807, 2.05) is 18.2 Å². The summed E-state index contributed by atoms with van der Waals surface area (Å²) >= 11 is 0. The molecule has 1 aromatic heterocycles. The Morgan fingerprint density at radius 3 is 2.65 bits per heavy atom. The number of para-hydroxylation sites is 1. The maximum atomic E-state index is 11.7. The van der Waals surface area contributed by atoms with E-state index < -0.39 is 0 Å². The summed E-state index contributed by atoms with van der Waals surface area (Å²) in [4.78, 5) is 15.6. The van der Waals surface area contributed by atoms with E-state index in [-0.39, 0.29) is 5.91 Å². The molecule has 0 saturated heterocycles. The number of rotatable bonds is 4. The van der Waals surface area contributed by atoms with Gasteiger partial charge in [-0.05, 0) is 23.8 Å². The third kappa shape index (κ3) is 3.29. The van der Waals surface area contributed by atoms with E-state index in [0.29, 0.717) is 16.8 Å². The van der Waals surface area contributed by atoms with Crippen LogP contribution in [0, 0.1) is 0 Å². The molecule has 0 bridgehead atoms. The minimum atomic E-state index is -0.308. The van der Waals surface area contributed by atoms with Crippen molar-refractivity contribution >= 4 is 23.4 Å². The number of anilines is 1. The summed E-state index contributed by atoms with van der Waals surface area (Å²) in [5.74, 6) is -0.308. The van der Waals surface area contributed by atoms with Crippen LogP contribution in [0.5, 0.6) is 0 Å². The Kier molecular flexibility index (Phi) is 4.24. The molecule has 0 aliphatic heterocycles. The van der Waals surface area contributed by atoms with Crippen molar-refractivity contribution in [1.29, 1.82) is 0 Å². The fraction of sp³-hybridized carbons (Fsp3) is 0. The molecule has 2 rings (SSSR count). The number of nitrogens with one attached hydrogen (secondary N) is 1. The largest absolute Gasteiger partial charge is 0.398 e. The van der Waals surface area contributed by atoms with E-state index in [2.05, 4.69) is 22.1 Å². The number of nitrogens with two attached hydrogens (primary N) is 1. The number of aromatic nitrogens is 1. The van der Waals surface area contributed by atoms with Gasteiger partial charge in [0.25, 0.3) is 5.91 Å². The van der Waals surface area contributed by atoms with Gasteiger partial charge in [0.05, 0.1) is 6.21 Å². The Morgan fingerprint density at radius 2 is 1.95 bits per heavy atom. The summed E-state index contributed by atoms with van der Waals surface area (Å²) in [6.45, 7) is 3.86. The minimum Gasteiger partial charge on any atom is -0.398 e. The van der Waals surface area contributed by atoms with Crippen LogP contribution in [0.4, 0.5) is 5.69 Å². The minimum absolute atomic E-state index is 0.308. The highest BCUT2D eigenvalue weighted by Gasteiger charge is 2.03. The molecule has 0 unspecified atom stereocenters. The van der Waals surface area contributed by atoms with Crippen LogP contribution in [0.3, 0.4) is 0 Å². The molecule has 1 amide bonds. The molecule has 3 N–H and O–H groups in total. The molecule has 0 fully saturated rings. The van der Waals surface area contributed by atoms with Gasteiger partial charge in [-0.2, -0.15) is 5.10 Å². The summed E-state index contributed by atoms with van der Waals surface area (Å²) in [6, 6.07) is 10.5. The maximum Gasteiger partial charge on any atom is 0.271 e. The molecule has 20 heavy (non-hydrogen) atoms. The summed E-state index contributed by atoms with van der Waals surface area (Å²) in [6.07, 6.45) is 4.55. The summed E-state index contributed by atoms with van der Waals surface area (Å²) < 4.78 is 0. The van der Waals surface area contributed by atoms with Crippen LogP contribution in [-0.2, 0) is 0 Å². The Hall–Kier alpha value is -2.95. The number of hydrazone groups is 1. The van der Waals surface area contributed by atoms with Gasteiger partial charge in [0.1, 0.15) is 0 Å². The quantitative estimate of drug-likeness (QED) is 0.505. The number of nitrogens with zero attached hydrogens (tertiary/aromatic N) is 2. The predicted molar refractivity (Wildman–Crippen MR) is 80.1 cm³/mol. The second-order valence-electron chi connectivity index (χ2n) is 4.05. The highest BCUT2D eigenvalue weighted by Crippen LogP contribution is 2.17. The van der Waals surface area contributed by atoms with E-state index in [9.17, 15) is 4.79 Å². The summed E-state index contributed by atoms with van der Waals surface area (Å²) in [5, 5.41) is 3.87. The molecule has 2 aromatic rings. The van der Waals surface area contributed by atoms with Gasteiger partial charge in [-0.15, -0.1) is 0 Å². The monoisotopic (exact) mass is 266 g/mol. The summed E-state index contributed by atoms with van der Waals surface area (Å²) in [7, 11) is 0. The van der Waals surface area contributed by atoms with Gasteiger partial charge in [0.2, 0.25) is 0 Å². The summed E-state index contributed by atoms with van der Waals surface area (Å²) in [5.41, 5.74) is 10.8. The maximum absolute atomic E-state index is 11.7. The zero-order chi connectivity index (χ0) is 14.4. The number of carbonyl (C=O) groups excluding carboxylic acids is 1. The van der Waals surface area contributed by atoms with Crippen molar-refractivity contribution in [3.63, 3.8) is 0 Å². The third-order valence-electron chi connectivity index (χ3n) is 2.64. The van der Waals surface area contributed by atoms with Gasteiger partial charge < -0.3 is 5.73 Å². The van der Waals surface area contributed by atoms with E-state index >= 15 is 0 Å². The van der Waals surface area contributed by atoms with E-state index in [1.165, 1.54) is 6.21 Å². The number of hydrogen-bond acceptors (Lipinski definition) is 4. The molecule has 5 nitrogen and oxygen atoms in total. The topological polar surface area (TPSA) is 80.4 Å². The number of carbonyl (C=O) groups is 1. The number of amides is 1. The van der Waals surface area contributed by atoms with Gasteiger partial charge in [0.15, 0.2) is 0 Å². The molecule has 0 aliphatic rings. The first-order valence-electron chi connectivity index (χ1n) is 5.95. The Morgan fingerprint density at radius 1 is 1.25 bits per heavy atom. The molecular formula is C15H14N4O. The standard InChI is InChI=1S/C15H14N4O/c1-11(13-4-2-3-5-14(13)16)10-18-19-15(20)12-6-8-17-9-7-12/h2-10H,1,16H2,(H,19,20)/b18-10-. The zero-order valence-corrected chi connectivity index (χ0v) is 10.8. The van der Waals surface area contributed by atoms with Gasteiger partial charge in [0, 0.05) is 29.2 Å². The SMILES string of the molecule is C=C(/C=N\NC(=O)c1ccncc1)c1ccccc1N.